The van der Waals surface area contributed by atoms with Crippen molar-refractivity contribution in [2.24, 2.45) is 4.99 Å². The number of ether oxygens (including phenoxy) is 2. The van der Waals surface area contributed by atoms with Crippen LogP contribution in [0.5, 0.6) is 0 Å². The Kier molecular flexibility index (Phi) is 7.27. The SMILES string of the molecule is CN=C(NCCOC)NCc1ccc(N2CC(C)OC(C)C2)nc1. The van der Waals surface area contributed by atoms with Crippen molar-refractivity contribution in [1.82, 2.24) is 15.6 Å². The van der Waals surface area contributed by atoms with Gasteiger partial charge in [-0.1, -0.05) is 6.07 Å². The molecule has 2 unspecified atom stereocenters. The van der Waals surface area contributed by atoms with E-state index in [4.69, 9.17) is 9.47 Å². The Morgan fingerprint density at radius 2 is 2.08 bits per heavy atom. The maximum Gasteiger partial charge on any atom is 0.191 e. The lowest BCUT2D eigenvalue weighted by Crippen LogP contribution is -2.45. The number of nitrogens with one attached hydrogen (secondary N) is 2. The second-order valence-electron chi connectivity index (χ2n) is 6.03. The van der Waals surface area contributed by atoms with E-state index in [9.17, 15) is 0 Å². The number of morpholine rings is 1. The van der Waals surface area contributed by atoms with Crippen molar-refractivity contribution in [2.45, 2.75) is 32.6 Å². The number of hydrogen-bond donors (Lipinski definition) is 2. The summed E-state index contributed by atoms with van der Waals surface area (Å²) in [5, 5.41) is 6.45. The van der Waals surface area contributed by atoms with Gasteiger partial charge in [0, 0.05) is 46.5 Å². The fourth-order valence-corrected chi connectivity index (χ4v) is 2.75. The molecule has 2 atom stereocenters. The zero-order valence-corrected chi connectivity index (χ0v) is 15.1. The molecule has 0 aliphatic carbocycles. The lowest BCUT2D eigenvalue weighted by atomic mass is 10.2. The molecule has 0 spiro atoms. The van der Waals surface area contributed by atoms with E-state index in [1.165, 1.54) is 0 Å². The summed E-state index contributed by atoms with van der Waals surface area (Å²) in [7, 11) is 3.44. The van der Waals surface area contributed by atoms with Crippen LogP contribution in [0, 0.1) is 0 Å². The van der Waals surface area contributed by atoms with Crippen LogP contribution >= 0.6 is 0 Å². The smallest absolute Gasteiger partial charge is 0.191 e. The molecular formula is C17H29N5O2. The molecule has 1 aliphatic rings. The Morgan fingerprint density at radius 1 is 1.33 bits per heavy atom. The van der Waals surface area contributed by atoms with Crippen LogP contribution in [0.2, 0.25) is 0 Å². The molecule has 1 aliphatic heterocycles. The van der Waals surface area contributed by atoms with E-state index in [0.29, 0.717) is 13.2 Å². The molecule has 134 valence electrons. The molecule has 2 heterocycles. The van der Waals surface area contributed by atoms with Gasteiger partial charge >= 0.3 is 0 Å². The van der Waals surface area contributed by atoms with Crippen LogP contribution in [-0.2, 0) is 16.0 Å². The summed E-state index contributed by atoms with van der Waals surface area (Å²) in [6.45, 7) is 8.01. The van der Waals surface area contributed by atoms with Crippen LogP contribution in [0.15, 0.2) is 23.3 Å². The Labute approximate surface area is 144 Å². The standard InChI is InChI=1S/C17H29N5O2/c1-13-11-22(12-14(2)24-13)16-6-5-15(9-20-16)10-21-17(18-3)19-7-8-23-4/h5-6,9,13-14H,7-8,10-12H2,1-4H3,(H2,18,19,21). The zero-order valence-electron chi connectivity index (χ0n) is 15.1. The van der Waals surface area contributed by atoms with Gasteiger partial charge in [0.1, 0.15) is 5.82 Å². The number of anilines is 1. The van der Waals surface area contributed by atoms with E-state index in [0.717, 1.165) is 37.0 Å². The first-order valence-corrected chi connectivity index (χ1v) is 8.41. The highest BCUT2D eigenvalue weighted by Gasteiger charge is 2.22. The van der Waals surface area contributed by atoms with Crippen LogP contribution in [0.4, 0.5) is 5.82 Å². The van der Waals surface area contributed by atoms with E-state index in [1.54, 1.807) is 14.2 Å². The van der Waals surface area contributed by atoms with E-state index in [2.05, 4.69) is 51.5 Å². The second kappa shape index (κ2) is 9.44. The van der Waals surface area contributed by atoms with Gasteiger partial charge in [-0.3, -0.25) is 4.99 Å². The summed E-state index contributed by atoms with van der Waals surface area (Å²) in [6.07, 6.45) is 2.38. The van der Waals surface area contributed by atoms with E-state index >= 15 is 0 Å². The van der Waals surface area contributed by atoms with Gasteiger partial charge in [-0.05, 0) is 25.5 Å². The minimum Gasteiger partial charge on any atom is -0.383 e. The first-order chi connectivity index (χ1) is 11.6. The molecule has 0 bridgehead atoms. The molecule has 0 aromatic carbocycles. The maximum atomic E-state index is 5.77. The molecule has 7 heteroatoms. The summed E-state index contributed by atoms with van der Waals surface area (Å²) >= 11 is 0. The number of aliphatic imine (C=N–C) groups is 1. The predicted molar refractivity (Wildman–Crippen MR) is 96.5 cm³/mol. The number of methoxy groups -OCH3 is 1. The molecule has 0 amide bonds. The maximum absolute atomic E-state index is 5.77. The number of aromatic nitrogens is 1. The molecule has 2 rings (SSSR count). The summed E-state index contributed by atoms with van der Waals surface area (Å²) in [4.78, 5) is 11.1. The van der Waals surface area contributed by atoms with Crippen LogP contribution in [0.1, 0.15) is 19.4 Å². The Morgan fingerprint density at radius 3 is 2.67 bits per heavy atom. The van der Waals surface area contributed by atoms with E-state index < -0.39 is 0 Å². The second-order valence-corrected chi connectivity index (χ2v) is 6.03. The fourth-order valence-electron chi connectivity index (χ4n) is 2.75. The van der Waals surface area contributed by atoms with Crippen LogP contribution < -0.4 is 15.5 Å². The van der Waals surface area contributed by atoms with Crippen molar-refractivity contribution in [2.75, 3.05) is 45.3 Å². The average molecular weight is 335 g/mol. The molecule has 0 radical (unpaired) electrons. The Bertz CT molecular complexity index is 510. The van der Waals surface area contributed by atoms with Gasteiger partial charge in [-0.15, -0.1) is 0 Å². The molecule has 7 nitrogen and oxygen atoms in total. The third kappa shape index (κ3) is 5.65. The molecule has 1 fully saturated rings. The van der Waals surface area contributed by atoms with Crippen molar-refractivity contribution in [3.63, 3.8) is 0 Å². The molecule has 24 heavy (non-hydrogen) atoms. The van der Waals surface area contributed by atoms with Crippen LogP contribution in [-0.4, -0.2) is 63.6 Å². The van der Waals surface area contributed by atoms with Crippen molar-refractivity contribution < 1.29 is 9.47 Å². The lowest BCUT2D eigenvalue weighted by molar-refractivity contribution is -0.00545. The van der Waals surface area contributed by atoms with Crippen LogP contribution in [0.3, 0.4) is 0 Å². The minimum absolute atomic E-state index is 0.235. The minimum atomic E-state index is 0.235. The van der Waals surface area contributed by atoms with Crippen molar-refractivity contribution in [3.8, 4) is 0 Å². The van der Waals surface area contributed by atoms with E-state index in [1.807, 2.05) is 6.20 Å². The van der Waals surface area contributed by atoms with Crippen molar-refractivity contribution >= 4 is 11.8 Å². The van der Waals surface area contributed by atoms with Gasteiger partial charge < -0.3 is 25.0 Å². The fraction of sp³-hybridized carbons (Fsp3) is 0.647. The Hall–Kier alpha value is -1.86. The number of nitrogens with zero attached hydrogens (tertiary/aromatic N) is 3. The summed E-state index contributed by atoms with van der Waals surface area (Å²) in [6, 6.07) is 4.17. The molecule has 2 N–H and O–H groups in total. The lowest BCUT2D eigenvalue weighted by Gasteiger charge is -2.36. The molecule has 1 saturated heterocycles. The van der Waals surface area contributed by atoms with Gasteiger partial charge in [0.15, 0.2) is 5.96 Å². The van der Waals surface area contributed by atoms with Gasteiger partial charge in [-0.25, -0.2) is 4.98 Å². The third-order valence-corrected chi connectivity index (χ3v) is 3.83. The number of pyridine rings is 1. The quantitative estimate of drug-likeness (QED) is 0.459. The molecule has 1 aromatic heterocycles. The summed E-state index contributed by atoms with van der Waals surface area (Å²) in [5.41, 5.74) is 1.11. The third-order valence-electron chi connectivity index (χ3n) is 3.83. The predicted octanol–water partition coefficient (Wildman–Crippen LogP) is 1.01. The monoisotopic (exact) mass is 335 g/mol. The van der Waals surface area contributed by atoms with E-state index in [-0.39, 0.29) is 12.2 Å². The normalized spacial score (nSPS) is 21.7. The zero-order chi connectivity index (χ0) is 17.4. The highest BCUT2D eigenvalue weighted by atomic mass is 16.5. The summed E-state index contributed by atoms with van der Waals surface area (Å²) in [5.74, 6) is 1.76. The topological polar surface area (TPSA) is 71.0 Å². The highest BCUT2D eigenvalue weighted by Crippen LogP contribution is 2.18. The average Bonchev–Trinajstić information content (AvgIpc) is 2.57. The van der Waals surface area contributed by atoms with Crippen molar-refractivity contribution in [3.05, 3.63) is 23.9 Å². The van der Waals surface area contributed by atoms with Crippen LogP contribution in [0.25, 0.3) is 0 Å². The first kappa shape index (κ1) is 18.5. The van der Waals surface area contributed by atoms with Crippen molar-refractivity contribution in [1.29, 1.82) is 0 Å². The highest BCUT2D eigenvalue weighted by molar-refractivity contribution is 5.79. The van der Waals surface area contributed by atoms with Gasteiger partial charge in [0.2, 0.25) is 0 Å². The molecule has 1 aromatic rings. The molecule has 0 saturated carbocycles. The molecular weight excluding hydrogens is 306 g/mol. The van der Waals surface area contributed by atoms with Gasteiger partial charge in [-0.2, -0.15) is 0 Å². The Balaban J connectivity index is 1.85. The largest absolute Gasteiger partial charge is 0.383 e. The number of hydrogen-bond acceptors (Lipinski definition) is 5. The van der Waals surface area contributed by atoms with Gasteiger partial charge in [0.05, 0.1) is 18.8 Å². The first-order valence-electron chi connectivity index (χ1n) is 8.41. The number of guanidine groups is 1. The number of rotatable bonds is 6. The summed E-state index contributed by atoms with van der Waals surface area (Å²) < 4.78 is 10.8. The van der Waals surface area contributed by atoms with Gasteiger partial charge in [0.25, 0.3) is 0 Å².